The summed E-state index contributed by atoms with van der Waals surface area (Å²) in [5.41, 5.74) is 3.54. The van der Waals surface area contributed by atoms with Crippen LogP contribution in [-0.2, 0) is 0 Å². The average molecular weight is 260 g/mol. The van der Waals surface area contributed by atoms with Crippen molar-refractivity contribution in [3.63, 3.8) is 0 Å². The molecule has 0 aliphatic carbocycles. The summed E-state index contributed by atoms with van der Waals surface area (Å²) in [7, 11) is 0. The van der Waals surface area contributed by atoms with Crippen LogP contribution in [-0.4, -0.2) is 17.1 Å². The molecule has 0 saturated carbocycles. The van der Waals surface area contributed by atoms with Gasteiger partial charge in [-0.15, -0.1) is 0 Å². The van der Waals surface area contributed by atoms with E-state index in [1.54, 1.807) is 36.5 Å². The Morgan fingerprint density at radius 3 is 2.89 bits per heavy atom. The molecule has 0 radical (unpaired) electrons. The van der Waals surface area contributed by atoms with Gasteiger partial charge in [-0.05, 0) is 30.3 Å². The first-order valence-corrected chi connectivity index (χ1v) is 5.63. The van der Waals surface area contributed by atoms with E-state index in [1.807, 2.05) is 12.1 Å². The molecule has 18 heavy (non-hydrogen) atoms. The van der Waals surface area contributed by atoms with E-state index in [-0.39, 0.29) is 5.91 Å². The third-order valence-corrected chi connectivity index (χ3v) is 2.37. The molecular formula is C13H10ClN3O. The van der Waals surface area contributed by atoms with Crippen molar-refractivity contribution >= 4 is 23.7 Å². The second-order valence-electron chi connectivity index (χ2n) is 3.46. The normalized spacial score (nSPS) is 10.5. The summed E-state index contributed by atoms with van der Waals surface area (Å²) in [4.78, 5) is 15.7. The number of amides is 1. The van der Waals surface area contributed by atoms with Gasteiger partial charge >= 0.3 is 0 Å². The minimum Gasteiger partial charge on any atom is -0.267 e. The summed E-state index contributed by atoms with van der Waals surface area (Å²) >= 11 is 5.79. The molecule has 4 nitrogen and oxygen atoms in total. The Morgan fingerprint density at radius 2 is 2.17 bits per heavy atom. The summed E-state index contributed by atoms with van der Waals surface area (Å²) in [6.45, 7) is 0. The van der Waals surface area contributed by atoms with Crippen molar-refractivity contribution in [1.29, 1.82) is 0 Å². The maximum atomic E-state index is 11.7. The fourth-order valence-corrected chi connectivity index (χ4v) is 1.49. The maximum Gasteiger partial charge on any atom is 0.271 e. The lowest BCUT2D eigenvalue weighted by molar-refractivity contribution is 0.0955. The summed E-state index contributed by atoms with van der Waals surface area (Å²) in [6, 6.07) is 12.1. The number of nitrogens with zero attached hydrogens (tertiary/aromatic N) is 2. The first-order chi connectivity index (χ1) is 8.75. The highest BCUT2D eigenvalue weighted by Gasteiger charge is 2.03. The van der Waals surface area contributed by atoms with E-state index < -0.39 is 0 Å². The Morgan fingerprint density at radius 1 is 1.28 bits per heavy atom. The maximum absolute atomic E-state index is 11.7. The molecule has 5 heteroatoms. The molecule has 0 aliphatic heterocycles. The molecule has 1 heterocycles. The largest absolute Gasteiger partial charge is 0.271 e. The van der Waals surface area contributed by atoms with Gasteiger partial charge in [-0.3, -0.25) is 9.78 Å². The molecule has 0 atom stereocenters. The molecule has 2 rings (SSSR count). The minimum atomic E-state index is -0.315. The fraction of sp³-hybridized carbons (Fsp3) is 0. The van der Waals surface area contributed by atoms with Crippen LogP contribution in [0.4, 0.5) is 0 Å². The summed E-state index contributed by atoms with van der Waals surface area (Å²) in [5.74, 6) is -0.315. The van der Waals surface area contributed by atoms with Crippen LogP contribution >= 0.6 is 11.6 Å². The van der Waals surface area contributed by atoms with Gasteiger partial charge in [0.25, 0.3) is 5.91 Å². The number of rotatable bonds is 3. The van der Waals surface area contributed by atoms with Gasteiger partial charge in [0.15, 0.2) is 0 Å². The first kappa shape index (κ1) is 12.3. The second kappa shape index (κ2) is 5.93. The molecular weight excluding hydrogens is 250 g/mol. The Kier molecular flexibility index (Phi) is 4.04. The van der Waals surface area contributed by atoms with Crippen molar-refractivity contribution in [2.75, 3.05) is 0 Å². The van der Waals surface area contributed by atoms with E-state index in [1.165, 1.54) is 6.21 Å². The highest BCUT2D eigenvalue weighted by Crippen LogP contribution is 2.10. The summed E-state index contributed by atoms with van der Waals surface area (Å²) in [6.07, 6.45) is 3.13. The molecule has 1 aromatic heterocycles. The molecule has 1 N–H and O–H groups in total. The number of aromatic nitrogens is 1. The second-order valence-corrected chi connectivity index (χ2v) is 3.90. The van der Waals surface area contributed by atoms with Crippen LogP contribution in [0, 0.1) is 0 Å². The molecule has 0 saturated heterocycles. The third kappa shape index (κ3) is 3.40. The fourth-order valence-electron chi connectivity index (χ4n) is 1.30. The standard InChI is InChI=1S/C13H10ClN3O/c14-11-5-3-4-10(8-11)13(18)17-16-9-12-6-1-2-7-15-12/h1-9H,(H,17,18)/b16-9-. The SMILES string of the molecule is O=C(N/N=C\c1ccccn1)c1cccc(Cl)c1. The highest BCUT2D eigenvalue weighted by molar-refractivity contribution is 6.30. The highest BCUT2D eigenvalue weighted by atomic mass is 35.5. The van der Waals surface area contributed by atoms with Gasteiger partial charge in [-0.2, -0.15) is 5.10 Å². The van der Waals surface area contributed by atoms with Gasteiger partial charge < -0.3 is 0 Å². The lowest BCUT2D eigenvalue weighted by atomic mass is 10.2. The van der Waals surface area contributed by atoms with Crippen molar-refractivity contribution in [2.24, 2.45) is 5.10 Å². The van der Waals surface area contributed by atoms with Crippen LogP contribution in [0.1, 0.15) is 16.1 Å². The summed E-state index contributed by atoms with van der Waals surface area (Å²) in [5, 5.41) is 4.33. The van der Waals surface area contributed by atoms with Gasteiger partial charge in [0.05, 0.1) is 11.9 Å². The smallest absolute Gasteiger partial charge is 0.267 e. The molecule has 90 valence electrons. The Hall–Kier alpha value is -2.20. The van der Waals surface area contributed by atoms with E-state index in [4.69, 9.17) is 11.6 Å². The number of hydrogen-bond donors (Lipinski definition) is 1. The molecule has 0 unspecified atom stereocenters. The quantitative estimate of drug-likeness (QED) is 0.680. The number of benzene rings is 1. The van der Waals surface area contributed by atoms with Gasteiger partial charge in [0, 0.05) is 16.8 Å². The van der Waals surface area contributed by atoms with E-state index in [9.17, 15) is 4.79 Å². The van der Waals surface area contributed by atoms with Crippen LogP contribution in [0.3, 0.4) is 0 Å². The molecule has 1 aromatic carbocycles. The average Bonchev–Trinajstić information content (AvgIpc) is 2.40. The van der Waals surface area contributed by atoms with Gasteiger partial charge in [-0.25, -0.2) is 5.43 Å². The molecule has 0 spiro atoms. The van der Waals surface area contributed by atoms with Crippen LogP contribution in [0.15, 0.2) is 53.8 Å². The Labute approximate surface area is 109 Å². The minimum absolute atomic E-state index is 0.315. The van der Waals surface area contributed by atoms with Crippen molar-refractivity contribution in [3.8, 4) is 0 Å². The van der Waals surface area contributed by atoms with E-state index >= 15 is 0 Å². The zero-order valence-corrected chi connectivity index (χ0v) is 10.1. The topological polar surface area (TPSA) is 54.4 Å². The number of hydrogen-bond acceptors (Lipinski definition) is 3. The molecule has 0 bridgehead atoms. The number of halogens is 1. The van der Waals surface area contributed by atoms with Crippen molar-refractivity contribution < 1.29 is 4.79 Å². The Bertz CT molecular complexity index is 569. The summed E-state index contributed by atoms with van der Waals surface area (Å²) < 4.78 is 0. The Balaban J connectivity index is 1.99. The third-order valence-electron chi connectivity index (χ3n) is 2.14. The van der Waals surface area contributed by atoms with E-state index in [0.717, 1.165) is 0 Å². The van der Waals surface area contributed by atoms with Gasteiger partial charge in [-0.1, -0.05) is 23.7 Å². The number of pyridine rings is 1. The molecule has 2 aromatic rings. The first-order valence-electron chi connectivity index (χ1n) is 5.26. The zero-order chi connectivity index (χ0) is 12.8. The van der Waals surface area contributed by atoms with Crippen molar-refractivity contribution in [1.82, 2.24) is 10.4 Å². The molecule has 1 amide bonds. The van der Waals surface area contributed by atoms with E-state index in [0.29, 0.717) is 16.3 Å². The molecule has 0 aliphatic rings. The lowest BCUT2D eigenvalue weighted by Gasteiger charge is -1.99. The van der Waals surface area contributed by atoms with Gasteiger partial charge in [0.1, 0.15) is 0 Å². The molecule has 0 fully saturated rings. The van der Waals surface area contributed by atoms with Crippen LogP contribution in [0.5, 0.6) is 0 Å². The van der Waals surface area contributed by atoms with Crippen molar-refractivity contribution in [3.05, 3.63) is 64.9 Å². The number of nitrogens with one attached hydrogen (secondary N) is 1. The predicted molar refractivity (Wildman–Crippen MR) is 70.7 cm³/mol. The van der Waals surface area contributed by atoms with Crippen LogP contribution < -0.4 is 5.43 Å². The van der Waals surface area contributed by atoms with Crippen LogP contribution in [0.25, 0.3) is 0 Å². The monoisotopic (exact) mass is 259 g/mol. The zero-order valence-electron chi connectivity index (χ0n) is 9.38. The van der Waals surface area contributed by atoms with Crippen LogP contribution in [0.2, 0.25) is 5.02 Å². The number of hydrazone groups is 1. The number of carbonyl (C=O) groups is 1. The lowest BCUT2D eigenvalue weighted by Crippen LogP contribution is -2.17. The van der Waals surface area contributed by atoms with Crippen molar-refractivity contribution in [2.45, 2.75) is 0 Å². The predicted octanol–water partition coefficient (Wildman–Crippen LogP) is 2.50. The number of carbonyl (C=O) groups excluding carboxylic acids is 1. The van der Waals surface area contributed by atoms with Gasteiger partial charge in [0.2, 0.25) is 0 Å². The van der Waals surface area contributed by atoms with E-state index in [2.05, 4.69) is 15.5 Å².